The fourth-order valence-electron chi connectivity index (χ4n) is 1.80. The van der Waals surface area contributed by atoms with E-state index >= 15 is 0 Å². The van der Waals surface area contributed by atoms with Crippen molar-refractivity contribution >= 4 is 17.7 Å². The number of carbonyl (C=O) groups is 2. The van der Waals surface area contributed by atoms with Gasteiger partial charge in [0.1, 0.15) is 12.1 Å². The van der Waals surface area contributed by atoms with Crippen LogP contribution in [-0.2, 0) is 15.5 Å². The van der Waals surface area contributed by atoms with E-state index in [0.29, 0.717) is 0 Å². The van der Waals surface area contributed by atoms with E-state index in [1.165, 1.54) is 25.1 Å². The second-order valence-electron chi connectivity index (χ2n) is 6.00. The molecule has 0 heterocycles. The standard InChI is InChI=1S/C16H22F2N2O3/c1-5-16(17,18)11-8-6-7-9-12(11)20-14(22)19-10-13(21)23-15(2,3)4/h6-9H,5,10H2,1-4H3,(H2,19,20,22). The maximum absolute atomic E-state index is 13.9. The fraction of sp³-hybridized carbons (Fsp3) is 0.500. The van der Waals surface area contributed by atoms with Crippen LogP contribution in [-0.4, -0.2) is 24.1 Å². The van der Waals surface area contributed by atoms with E-state index in [1.807, 2.05) is 0 Å². The molecule has 7 heteroatoms. The predicted octanol–water partition coefficient (Wildman–Crippen LogP) is 3.65. The lowest BCUT2D eigenvalue weighted by atomic mass is 10.0. The van der Waals surface area contributed by atoms with Gasteiger partial charge in [-0.15, -0.1) is 0 Å². The van der Waals surface area contributed by atoms with Gasteiger partial charge in [0.2, 0.25) is 0 Å². The highest BCUT2D eigenvalue weighted by Crippen LogP contribution is 2.35. The molecule has 23 heavy (non-hydrogen) atoms. The molecule has 1 rings (SSSR count). The first-order valence-corrected chi connectivity index (χ1v) is 7.29. The number of hydrogen-bond acceptors (Lipinski definition) is 3. The number of urea groups is 1. The lowest BCUT2D eigenvalue weighted by Crippen LogP contribution is -2.37. The molecule has 0 unspecified atom stereocenters. The van der Waals surface area contributed by atoms with Crippen LogP contribution in [0.5, 0.6) is 0 Å². The molecule has 0 aliphatic heterocycles. The summed E-state index contributed by atoms with van der Waals surface area (Å²) in [6, 6.07) is 4.90. The van der Waals surface area contributed by atoms with E-state index in [2.05, 4.69) is 10.6 Å². The quantitative estimate of drug-likeness (QED) is 0.811. The zero-order valence-corrected chi connectivity index (χ0v) is 13.7. The first-order valence-electron chi connectivity index (χ1n) is 7.29. The molecule has 0 radical (unpaired) electrons. The molecule has 0 atom stereocenters. The summed E-state index contributed by atoms with van der Waals surface area (Å²) in [6.07, 6.45) is -0.384. The number of carbonyl (C=O) groups excluding carboxylic acids is 2. The summed E-state index contributed by atoms with van der Waals surface area (Å²) in [5.41, 5.74) is -0.929. The number of amides is 2. The second kappa shape index (κ2) is 7.39. The summed E-state index contributed by atoms with van der Waals surface area (Å²) in [4.78, 5) is 23.3. The Bertz CT molecular complexity index is 569. The van der Waals surface area contributed by atoms with Gasteiger partial charge in [-0.05, 0) is 26.8 Å². The van der Waals surface area contributed by atoms with Gasteiger partial charge in [-0.3, -0.25) is 4.79 Å². The molecule has 0 spiro atoms. The first kappa shape index (κ1) is 18.9. The van der Waals surface area contributed by atoms with Crippen molar-refractivity contribution in [2.24, 2.45) is 0 Å². The largest absolute Gasteiger partial charge is 0.459 e. The summed E-state index contributed by atoms with van der Waals surface area (Å²) < 4.78 is 32.7. The van der Waals surface area contributed by atoms with Crippen LogP contribution in [0.4, 0.5) is 19.3 Å². The molecule has 0 saturated heterocycles. The number of alkyl halides is 2. The topological polar surface area (TPSA) is 67.4 Å². The fourth-order valence-corrected chi connectivity index (χ4v) is 1.80. The van der Waals surface area contributed by atoms with Crippen molar-refractivity contribution in [2.45, 2.75) is 45.6 Å². The van der Waals surface area contributed by atoms with Gasteiger partial charge < -0.3 is 15.4 Å². The minimum Gasteiger partial charge on any atom is -0.459 e. The molecule has 0 aliphatic rings. The monoisotopic (exact) mass is 328 g/mol. The average molecular weight is 328 g/mol. The maximum atomic E-state index is 13.9. The molecule has 0 aromatic heterocycles. The third-order valence-corrected chi connectivity index (χ3v) is 2.83. The van der Waals surface area contributed by atoms with E-state index in [1.54, 1.807) is 26.8 Å². The molecule has 2 N–H and O–H groups in total. The average Bonchev–Trinajstić information content (AvgIpc) is 2.44. The number of anilines is 1. The van der Waals surface area contributed by atoms with Crippen molar-refractivity contribution in [3.63, 3.8) is 0 Å². The third kappa shape index (κ3) is 6.22. The molecular weight excluding hydrogens is 306 g/mol. The second-order valence-corrected chi connectivity index (χ2v) is 6.00. The Kier molecular flexibility index (Phi) is 6.06. The minimum atomic E-state index is -3.05. The normalized spacial score (nSPS) is 11.7. The number of benzene rings is 1. The van der Waals surface area contributed by atoms with Crippen LogP contribution in [0.1, 0.15) is 39.7 Å². The minimum absolute atomic E-state index is 0.000962. The Morgan fingerprint density at radius 3 is 2.35 bits per heavy atom. The van der Waals surface area contributed by atoms with Crippen molar-refractivity contribution in [2.75, 3.05) is 11.9 Å². The number of rotatable bonds is 5. The van der Waals surface area contributed by atoms with Crippen LogP contribution in [0.15, 0.2) is 24.3 Å². The molecule has 1 aromatic rings. The molecule has 1 aromatic carbocycles. The van der Waals surface area contributed by atoms with Gasteiger partial charge in [-0.25, -0.2) is 13.6 Å². The van der Waals surface area contributed by atoms with E-state index in [4.69, 9.17) is 4.74 Å². The SMILES string of the molecule is CCC(F)(F)c1ccccc1NC(=O)NCC(=O)OC(C)(C)C. The highest BCUT2D eigenvalue weighted by atomic mass is 19.3. The van der Waals surface area contributed by atoms with Gasteiger partial charge in [0, 0.05) is 12.0 Å². The van der Waals surface area contributed by atoms with Gasteiger partial charge in [0.25, 0.3) is 5.92 Å². The predicted molar refractivity (Wildman–Crippen MR) is 83.5 cm³/mol. The maximum Gasteiger partial charge on any atom is 0.325 e. The van der Waals surface area contributed by atoms with Gasteiger partial charge in [-0.1, -0.05) is 25.1 Å². The highest BCUT2D eigenvalue weighted by molar-refractivity contribution is 5.92. The molecule has 5 nitrogen and oxygen atoms in total. The lowest BCUT2D eigenvalue weighted by Gasteiger charge is -2.20. The number of esters is 1. The Morgan fingerprint density at radius 2 is 1.78 bits per heavy atom. The molecular formula is C16H22F2N2O3. The summed E-state index contributed by atoms with van der Waals surface area (Å²) in [5, 5.41) is 4.61. The Morgan fingerprint density at radius 1 is 1.17 bits per heavy atom. The number of ether oxygens (including phenoxy) is 1. The van der Waals surface area contributed by atoms with Crippen molar-refractivity contribution in [3.05, 3.63) is 29.8 Å². The smallest absolute Gasteiger partial charge is 0.325 e. The zero-order chi connectivity index (χ0) is 17.7. The number of para-hydroxylation sites is 1. The van der Waals surface area contributed by atoms with Crippen LogP contribution in [0, 0.1) is 0 Å². The summed E-state index contributed by atoms with van der Waals surface area (Å²) in [6.45, 7) is 6.12. The zero-order valence-electron chi connectivity index (χ0n) is 13.7. The Labute approximate surface area is 134 Å². The number of halogens is 2. The van der Waals surface area contributed by atoms with Crippen molar-refractivity contribution in [1.82, 2.24) is 5.32 Å². The van der Waals surface area contributed by atoms with Crippen molar-refractivity contribution in [3.8, 4) is 0 Å². The first-order chi connectivity index (χ1) is 10.5. The highest BCUT2D eigenvalue weighted by Gasteiger charge is 2.31. The van der Waals surface area contributed by atoms with Gasteiger partial charge in [0.05, 0.1) is 5.69 Å². The summed E-state index contributed by atoms with van der Waals surface area (Å²) in [7, 11) is 0. The van der Waals surface area contributed by atoms with Gasteiger partial charge >= 0.3 is 12.0 Å². The van der Waals surface area contributed by atoms with Crippen LogP contribution in [0.25, 0.3) is 0 Å². The molecule has 0 fully saturated rings. The third-order valence-electron chi connectivity index (χ3n) is 2.83. The summed E-state index contributed by atoms with van der Waals surface area (Å²) >= 11 is 0. The van der Waals surface area contributed by atoms with E-state index in [0.717, 1.165) is 0 Å². The van der Waals surface area contributed by atoms with E-state index < -0.39 is 23.5 Å². The molecule has 0 saturated carbocycles. The van der Waals surface area contributed by atoms with Crippen molar-refractivity contribution in [1.29, 1.82) is 0 Å². The number of nitrogens with one attached hydrogen (secondary N) is 2. The van der Waals surface area contributed by atoms with Gasteiger partial charge in [-0.2, -0.15) is 0 Å². The van der Waals surface area contributed by atoms with Crippen LogP contribution in [0.2, 0.25) is 0 Å². The van der Waals surface area contributed by atoms with Crippen LogP contribution < -0.4 is 10.6 Å². The van der Waals surface area contributed by atoms with Crippen LogP contribution >= 0.6 is 0 Å². The molecule has 0 aliphatic carbocycles. The molecule has 128 valence electrons. The Hall–Kier alpha value is -2.18. The Balaban J connectivity index is 2.67. The van der Waals surface area contributed by atoms with Crippen molar-refractivity contribution < 1.29 is 23.1 Å². The molecule has 0 bridgehead atoms. The lowest BCUT2D eigenvalue weighted by molar-refractivity contribution is -0.153. The van der Waals surface area contributed by atoms with Gasteiger partial charge in [0.15, 0.2) is 0 Å². The summed E-state index contributed by atoms with van der Waals surface area (Å²) in [5.74, 6) is -3.66. The number of hydrogen-bond donors (Lipinski definition) is 2. The molecule has 2 amide bonds. The van der Waals surface area contributed by atoms with Crippen LogP contribution in [0.3, 0.4) is 0 Å². The van der Waals surface area contributed by atoms with E-state index in [-0.39, 0.29) is 24.2 Å². The van der Waals surface area contributed by atoms with E-state index in [9.17, 15) is 18.4 Å².